The third-order valence-electron chi connectivity index (χ3n) is 3.43. The molecule has 0 aromatic carbocycles. The first kappa shape index (κ1) is 15.9. The van der Waals surface area contributed by atoms with Crippen molar-refractivity contribution in [2.45, 2.75) is 44.9 Å². The van der Waals surface area contributed by atoms with Crippen LogP contribution >= 0.6 is 11.6 Å². The second kappa shape index (κ2) is 6.95. The Bertz CT molecular complexity index is 529. The van der Waals surface area contributed by atoms with E-state index in [1.165, 1.54) is 0 Å². The molecular formula is C14H19ClN2O4. The number of nitrogens with one attached hydrogen (secondary N) is 1. The lowest BCUT2D eigenvalue weighted by Crippen LogP contribution is -2.34. The third kappa shape index (κ3) is 3.98. The van der Waals surface area contributed by atoms with Crippen LogP contribution in [0.25, 0.3) is 0 Å². The highest BCUT2D eigenvalue weighted by molar-refractivity contribution is 6.31. The Labute approximate surface area is 128 Å². The number of carboxylic acids is 1. The van der Waals surface area contributed by atoms with Crippen molar-refractivity contribution in [1.29, 1.82) is 0 Å². The summed E-state index contributed by atoms with van der Waals surface area (Å²) in [5.74, 6) is -1.18. The molecule has 2 rings (SSSR count). The number of halogens is 1. The topological polar surface area (TPSA) is 80.6 Å². The summed E-state index contributed by atoms with van der Waals surface area (Å²) in [5.41, 5.74) is 0.509. The Hall–Kier alpha value is -1.53. The third-order valence-corrected chi connectivity index (χ3v) is 3.64. The van der Waals surface area contributed by atoms with Gasteiger partial charge in [-0.25, -0.2) is 4.79 Å². The van der Waals surface area contributed by atoms with Crippen LogP contribution in [0.15, 0.2) is 12.3 Å². The molecule has 116 valence electrons. The van der Waals surface area contributed by atoms with E-state index in [1.807, 2.05) is 11.5 Å². The van der Waals surface area contributed by atoms with Crippen molar-refractivity contribution in [1.82, 2.24) is 9.88 Å². The summed E-state index contributed by atoms with van der Waals surface area (Å²) in [6, 6.07) is 1.63. The molecule has 1 fully saturated rings. The van der Waals surface area contributed by atoms with Gasteiger partial charge in [0.2, 0.25) is 0 Å². The molecule has 0 saturated carbocycles. The Balaban J connectivity index is 1.89. The molecule has 2 atom stereocenters. The summed E-state index contributed by atoms with van der Waals surface area (Å²) in [6.45, 7) is 3.04. The smallest absolute Gasteiger partial charge is 0.332 e. The molecule has 1 aromatic rings. The number of nitrogens with zero attached hydrogens (tertiary/aromatic N) is 1. The lowest BCUT2D eigenvalue weighted by atomic mass is 10.2. The van der Waals surface area contributed by atoms with Gasteiger partial charge in [0.1, 0.15) is 5.69 Å². The van der Waals surface area contributed by atoms with Gasteiger partial charge in [-0.3, -0.25) is 4.79 Å². The van der Waals surface area contributed by atoms with Crippen molar-refractivity contribution in [3.63, 3.8) is 0 Å². The molecule has 1 aromatic heterocycles. The summed E-state index contributed by atoms with van der Waals surface area (Å²) in [5, 5.41) is 12.2. The average molecular weight is 315 g/mol. The van der Waals surface area contributed by atoms with Crippen LogP contribution in [0.5, 0.6) is 0 Å². The first-order valence-electron chi connectivity index (χ1n) is 7.03. The van der Waals surface area contributed by atoms with Gasteiger partial charge in [-0.1, -0.05) is 18.5 Å². The molecular weight excluding hydrogens is 296 g/mol. The number of carbonyl (C=O) groups is 2. The SMILES string of the molecule is CCCn1cc(Cl)cc1C(=O)NCC1CCC(C(=O)O)O1. The second-order valence-electron chi connectivity index (χ2n) is 5.11. The Morgan fingerprint density at radius 1 is 1.52 bits per heavy atom. The van der Waals surface area contributed by atoms with Gasteiger partial charge >= 0.3 is 5.97 Å². The summed E-state index contributed by atoms with van der Waals surface area (Å²) >= 11 is 5.94. The minimum absolute atomic E-state index is 0.224. The van der Waals surface area contributed by atoms with Crippen LogP contribution in [0.3, 0.4) is 0 Å². The van der Waals surface area contributed by atoms with Crippen LogP contribution in [-0.4, -0.2) is 40.3 Å². The first-order chi connectivity index (χ1) is 10.0. The number of rotatable bonds is 6. The van der Waals surface area contributed by atoms with E-state index in [2.05, 4.69) is 5.32 Å². The fourth-order valence-electron chi connectivity index (χ4n) is 2.43. The summed E-state index contributed by atoms with van der Waals surface area (Å²) in [4.78, 5) is 23.0. The van der Waals surface area contributed by atoms with E-state index in [-0.39, 0.29) is 12.0 Å². The van der Waals surface area contributed by atoms with Gasteiger partial charge in [-0.05, 0) is 25.3 Å². The highest BCUT2D eigenvalue weighted by Crippen LogP contribution is 2.19. The standard InChI is InChI=1S/C14H19ClN2O4/c1-2-5-17-8-9(15)6-11(17)13(18)16-7-10-3-4-12(21-10)14(19)20/h6,8,10,12H,2-5,7H2,1H3,(H,16,18)(H,19,20). The number of ether oxygens (including phenoxy) is 1. The zero-order chi connectivity index (χ0) is 15.4. The van der Waals surface area contributed by atoms with E-state index in [9.17, 15) is 9.59 Å². The molecule has 2 heterocycles. The number of amides is 1. The van der Waals surface area contributed by atoms with Crippen molar-refractivity contribution in [2.24, 2.45) is 0 Å². The van der Waals surface area contributed by atoms with Crippen LogP contribution in [0.4, 0.5) is 0 Å². The quantitative estimate of drug-likeness (QED) is 0.840. The Morgan fingerprint density at radius 2 is 2.29 bits per heavy atom. The molecule has 1 aliphatic rings. The van der Waals surface area contributed by atoms with Gasteiger partial charge in [0.15, 0.2) is 6.10 Å². The van der Waals surface area contributed by atoms with E-state index >= 15 is 0 Å². The molecule has 1 saturated heterocycles. The van der Waals surface area contributed by atoms with Crippen LogP contribution in [0.1, 0.15) is 36.7 Å². The van der Waals surface area contributed by atoms with Crippen molar-refractivity contribution in [3.8, 4) is 0 Å². The van der Waals surface area contributed by atoms with Crippen LogP contribution < -0.4 is 5.32 Å². The molecule has 1 aliphatic heterocycles. The summed E-state index contributed by atoms with van der Waals surface area (Å²) in [6.07, 6.45) is 2.73. The van der Waals surface area contributed by atoms with Gasteiger partial charge < -0.3 is 19.7 Å². The van der Waals surface area contributed by atoms with E-state index < -0.39 is 12.1 Å². The second-order valence-corrected chi connectivity index (χ2v) is 5.55. The number of carbonyl (C=O) groups excluding carboxylic acids is 1. The minimum atomic E-state index is -0.951. The summed E-state index contributed by atoms with van der Waals surface area (Å²) < 4.78 is 7.16. The van der Waals surface area contributed by atoms with Crippen molar-refractivity contribution >= 4 is 23.5 Å². The van der Waals surface area contributed by atoms with Crippen molar-refractivity contribution in [3.05, 3.63) is 23.0 Å². The largest absolute Gasteiger partial charge is 0.479 e. The fourth-order valence-corrected chi connectivity index (χ4v) is 2.65. The monoisotopic (exact) mass is 314 g/mol. The maximum atomic E-state index is 12.2. The van der Waals surface area contributed by atoms with Gasteiger partial charge in [-0.2, -0.15) is 0 Å². The van der Waals surface area contributed by atoms with Crippen LogP contribution in [-0.2, 0) is 16.1 Å². The number of aryl methyl sites for hydroxylation is 1. The molecule has 1 amide bonds. The molecule has 0 bridgehead atoms. The number of hydrogen-bond acceptors (Lipinski definition) is 3. The summed E-state index contributed by atoms with van der Waals surface area (Å²) in [7, 11) is 0. The van der Waals surface area contributed by atoms with Gasteiger partial charge in [0.05, 0.1) is 11.1 Å². The van der Waals surface area contributed by atoms with Crippen LogP contribution in [0, 0.1) is 0 Å². The van der Waals surface area contributed by atoms with Crippen LogP contribution in [0.2, 0.25) is 5.02 Å². The molecule has 0 spiro atoms. The maximum absolute atomic E-state index is 12.2. The van der Waals surface area contributed by atoms with E-state index in [0.717, 1.165) is 13.0 Å². The zero-order valence-corrected chi connectivity index (χ0v) is 12.6. The normalized spacial score (nSPS) is 21.4. The highest BCUT2D eigenvalue weighted by atomic mass is 35.5. The van der Waals surface area contributed by atoms with Crippen molar-refractivity contribution < 1.29 is 19.4 Å². The molecule has 2 N–H and O–H groups in total. The molecule has 6 nitrogen and oxygen atoms in total. The van der Waals surface area contributed by atoms with E-state index in [4.69, 9.17) is 21.4 Å². The maximum Gasteiger partial charge on any atom is 0.332 e. The number of carboxylic acid groups (broad SMARTS) is 1. The van der Waals surface area contributed by atoms with E-state index in [0.29, 0.717) is 30.1 Å². The predicted molar refractivity (Wildman–Crippen MR) is 77.6 cm³/mol. The number of aromatic nitrogens is 1. The molecule has 0 radical (unpaired) electrons. The lowest BCUT2D eigenvalue weighted by molar-refractivity contribution is -0.149. The minimum Gasteiger partial charge on any atom is -0.479 e. The van der Waals surface area contributed by atoms with Gasteiger partial charge in [0, 0.05) is 19.3 Å². The van der Waals surface area contributed by atoms with Crippen molar-refractivity contribution in [2.75, 3.05) is 6.54 Å². The van der Waals surface area contributed by atoms with Gasteiger partial charge in [-0.15, -0.1) is 0 Å². The molecule has 0 aliphatic carbocycles. The Kier molecular flexibility index (Phi) is 5.25. The first-order valence-corrected chi connectivity index (χ1v) is 7.41. The lowest BCUT2D eigenvalue weighted by Gasteiger charge is -2.13. The molecule has 2 unspecified atom stereocenters. The fraction of sp³-hybridized carbons (Fsp3) is 0.571. The van der Waals surface area contributed by atoms with E-state index in [1.54, 1.807) is 12.3 Å². The zero-order valence-electron chi connectivity index (χ0n) is 11.8. The predicted octanol–water partition coefficient (Wildman–Crippen LogP) is 1.91. The number of hydrogen-bond donors (Lipinski definition) is 2. The molecule has 21 heavy (non-hydrogen) atoms. The molecule has 7 heteroatoms. The Morgan fingerprint density at radius 3 is 2.90 bits per heavy atom. The van der Waals surface area contributed by atoms with Gasteiger partial charge in [0.25, 0.3) is 5.91 Å². The highest BCUT2D eigenvalue weighted by Gasteiger charge is 2.30. The number of aliphatic carboxylic acids is 1. The average Bonchev–Trinajstić information content (AvgIpc) is 3.03.